The third-order valence-corrected chi connectivity index (χ3v) is 1.49. The van der Waals surface area contributed by atoms with Crippen molar-refractivity contribution in [2.45, 2.75) is 13.8 Å². The number of carbonyl (C=O) groups excluding carboxylic acids is 1. The number of hydrogen-bond acceptors (Lipinski definition) is 4. The van der Waals surface area contributed by atoms with Crippen molar-refractivity contribution in [1.82, 2.24) is 4.98 Å². The highest BCUT2D eigenvalue weighted by atomic mass is 32.1. The molecule has 0 amide bonds. The van der Waals surface area contributed by atoms with Crippen molar-refractivity contribution in [3.63, 3.8) is 0 Å². The van der Waals surface area contributed by atoms with E-state index in [1.165, 1.54) is 4.88 Å². The van der Waals surface area contributed by atoms with Gasteiger partial charge in [-0.2, -0.15) is 0 Å². The van der Waals surface area contributed by atoms with E-state index in [1.807, 2.05) is 18.6 Å². The van der Waals surface area contributed by atoms with Crippen LogP contribution in [0.1, 0.15) is 11.8 Å². The van der Waals surface area contributed by atoms with E-state index in [1.54, 1.807) is 18.3 Å². The summed E-state index contributed by atoms with van der Waals surface area (Å²) in [5, 5.41) is 0. The largest absolute Gasteiger partial charge is 0.468 e. The average molecular weight is 173 g/mol. The molecular formula is C7H11NO2S. The first-order valence-electron chi connectivity index (χ1n) is 3.21. The van der Waals surface area contributed by atoms with E-state index in [2.05, 4.69) is 9.72 Å². The molecule has 0 aliphatic rings. The first-order valence-corrected chi connectivity index (χ1v) is 4.09. The molecule has 0 aliphatic carbocycles. The molecule has 0 unspecified atom stereocenters. The molecule has 11 heavy (non-hydrogen) atoms. The standard InChI is InChI=1S/C4H5NS.C3H6O2/c1-4-2-5-3-6-4;1-2-5-3-4/h2-3H,1H3;3H,2H2,1H3. The van der Waals surface area contributed by atoms with Crippen LogP contribution in [-0.4, -0.2) is 18.1 Å². The topological polar surface area (TPSA) is 39.2 Å². The van der Waals surface area contributed by atoms with Gasteiger partial charge in [0.25, 0.3) is 6.47 Å². The summed E-state index contributed by atoms with van der Waals surface area (Å²) in [5.74, 6) is 0. The molecule has 0 bridgehead atoms. The minimum atomic E-state index is 0.431. The minimum absolute atomic E-state index is 0.431. The summed E-state index contributed by atoms with van der Waals surface area (Å²) in [5.41, 5.74) is 1.83. The smallest absolute Gasteiger partial charge is 0.293 e. The molecule has 1 heterocycles. The van der Waals surface area contributed by atoms with Crippen LogP contribution in [0.25, 0.3) is 0 Å². The van der Waals surface area contributed by atoms with Crippen molar-refractivity contribution >= 4 is 17.8 Å². The number of nitrogens with zero attached hydrogens (tertiary/aromatic N) is 1. The second-order valence-electron chi connectivity index (χ2n) is 1.66. The van der Waals surface area contributed by atoms with E-state index >= 15 is 0 Å². The average Bonchev–Trinajstić information content (AvgIpc) is 2.43. The number of hydrogen-bond donors (Lipinski definition) is 0. The molecule has 0 aliphatic heterocycles. The number of aryl methyl sites for hydroxylation is 1. The second-order valence-corrected chi connectivity index (χ2v) is 2.75. The summed E-state index contributed by atoms with van der Waals surface area (Å²) in [4.78, 5) is 14.3. The predicted molar refractivity (Wildman–Crippen MR) is 44.5 cm³/mol. The lowest BCUT2D eigenvalue weighted by Gasteiger charge is -1.79. The van der Waals surface area contributed by atoms with Crippen LogP contribution in [0.2, 0.25) is 0 Å². The number of ether oxygens (including phenoxy) is 1. The maximum Gasteiger partial charge on any atom is 0.293 e. The van der Waals surface area contributed by atoms with E-state index in [9.17, 15) is 4.79 Å². The van der Waals surface area contributed by atoms with Crippen molar-refractivity contribution in [1.29, 1.82) is 0 Å². The Kier molecular flexibility index (Phi) is 6.62. The molecule has 62 valence electrons. The number of thiazole rings is 1. The molecule has 0 radical (unpaired) electrons. The molecule has 0 saturated heterocycles. The first kappa shape index (κ1) is 10.1. The zero-order valence-corrected chi connectivity index (χ0v) is 7.43. The number of rotatable bonds is 2. The fourth-order valence-corrected chi connectivity index (χ4v) is 0.757. The van der Waals surface area contributed by atoms with Gasteiger partial charge in [-0.3, -0.25) is 9.78 Å². The van der Waals surface area contributed by atoms with Gasteiger partial charge < -0.3 is 4.74 Å². The summed E-state index contributed by atoms with van der Waals surface area (Å²) >= 11 is 1.67. The van der Waals surface area contributed by atoms with Crippen LogP contribution < -0.4 is 0 Å². The van der Waals surface area contributed by atoms with Gasteiger partial charge in [0, 0.05) is 11.1 Å². The van der Waals surface area contributed by atoms with Crippen LogP contribution in [0.4, 0.5) is 0 Å². The van der Waals surface area contributed by atoms with Crippen molar-refractivity contribution in [3.8, 4) is 0 Å². The SMILES string of the molecule is CCOC=O.Cc1cncs1. The van der Waals surface area contributed by atoms with Crippen LogP contribution in [0.5, 0.6) is 0 Å². The molecule has 0 saturated carbocycles. The van der Waals surface area contributed by atoms with E-state index in [0.29, 0.717) is 13.1 Å². The van der Waals surface area contributed by atoms with Gasteiger partial charge in [0.05, 0.1) is 12.1 Å². The lowest BCUT2D eigenvalue weighted by Crippen LogP contribution is -1.80. The van der Waals surface area contributed by atoms with Gasteiger partial charge in [0.1, 0.15) is 0 Å². The van der Waals surface area contributed by atoms with E-state index in [-0.39, 0.29) is 0 Å². The van der Waals surface area contributed by atoms with Gasteiger partial charge in [-0.15, -0.1) is 11.3 Å². The van der Waals surface area contributed by atoms with Gasteiger partial charge >= 0.3 is 0 Å². The highest BCUT2D eigenvalue weighted by molar-refractivity contribution is 7.09. The summed E-state index contributed by atoms with van der Waals surface area (Å²) in [7, 11) is 0. The number of aromatic nitrogens is 1. The van der Waals surface area contributed by atoms with Gasteiger partial charge in [-0.25, -0.2) is 0 Å². The summed E-state index contributed by atoms with van der Waals surface area (Å²) < 4.78 is 4.15. The van der Waals surface area contributed by atoms with Crippen molar-refractivity contribution in [3.05, 3.63) is 16.6 Å². The van der Waals surface area contributed by atoms with E-state index < -0.39 is 0 Å². The summed E-state index contributed by atoms with van der Waals surface area (Å²) in [6, 6.07) is 0. The Bertz CT molecular complexity index is 175. The molecule has 4 heteroatoms. The quantitative estimate of drug-likeness (QED) is 0.638. The highest BCUT2D eigenvalue weighted by Crippen LogP contribution is 1.99. The van der Waals surface area contributed by atoms with Crippen molar-refractivity contribution in [2.75, 3.05) is 6.61 Å². The highest BCUT2D eigenvalue weighted by Gasteiger charge is 1.76. The molecular weight excluding hydrogens is 162 g/mol. The van der Waals surface area contributed by atoms with Crippen LogP contribution in [0, 0.1) is 6.92 Å². The van der Waals surface area contributed by atoms with Gasteiger partial charge in [-0.1, -0.05) is 0 Å². The molecule has 0 spiro atoms. The van der Waals surface area contributed by atoms with Gasteiger partial charge in [-0.05, 0) is 13.8 Å². The Morgan fingerprint density at radius 2 is 2.55 bits per heavy atom. The lowest BCUT2D eigenvalue weighted by atomic mass is 10.7. The summed E-state index contributed by atoms with van der Waals surface area (Å²) in [6.07, 6.45) is 1.85. The van der Waals surface area contributed by atoms with Gasteiger partial charge in [0.15, 0.2) is 0 Å². The minimum Gasteiger partial charge on any atom is -0.468 e. The van der Waals surface area contributed by atoms with Crippen LogP contribution in [0.3, 0.4) is 0 Å². The zero-order chi connectivity index (χ0) is 8.53. The molecule has 3 nitrogen and oxygen atoms in total. The van der Waals surface area contributed by atoms with E-state index in [4.69, 9.17) is 0 Å². The fourth-order valence-electron chi connectivity index (χ4n) is 0.347. The van der Waals surface area contributed by atoms with E-state index in [0.717, 1.165) is 0 Å². The maximum atomic E-state index is 9.18. The fraction of sp³-hybridized carbons (Fsp3) is 0.429. The monoisotopic (exact) mass is 173 g/mol. The summed E-state index contributed by atoms with van der Waals surface area (Å²) in [6.45, 7) is 4.70. The zero-order valence-electron chi connectivity index (χ0n) is 6.61. The molecule has 1 aromatic rings. The molecule has 1 aromatic heterocycles. The maximum absolute atomic E-state index is 9.18. The number of carbonyl (C=O) groups is 1. The van der Waals surface area contributed by atoms with Gasteiger partial charge in [0.2, 0.25) is 0 Å². The molecule has 0 N–H and O–H groups in total. The third kappa shape index (κ3) is 6.99. The Morgan fingerprint density at radius 3 is 2.64 bits per heavy atom. The first-order chi connectivity index (χ1) is 5.31. The Balaban J connectivity index is 0.000000187. The Morgan fingerprint density at radius 1 is 1.82 bits per heavy atom. The van der Waals surface area contributed by atoms with Crippen molar-refractivity contribution in [2.24, 2.45) is 0 Å². The van der Waals surface area contributed by atoms with Crippen LogP contribution >= 0.6 is 11.3 Å². The normalized spacial score (nSPS) is 7.82. The predicted octanol–water partition coefficient (Wildman–Crippen LogP) is 1.63. The molecule has 0 aromatic carbocycles. The molecule has 0 atom stereocenters. The molecule has 0 fully saturated rings. The van der Waals surface area contributed by atoms with Crippen LogP contribution in [0.15, 0.2) is 11.7 Å². The van der Waals surface area contributed by atoms with Crippen molar-refractivity contribution < 1.29 is 9.53 Å². The molecule has 1 rings (SSSR count). The second kappa shape index (κ2) is 7.21. The Labute approximate surface area is 70.0 Å². The Hall–Kier alpha value is -0.900. The lowest BCUT2D eigenvalue weighted by molar-refractivity contribution is -0.128. The van der Waals surface area contributed by atoms with Crippen LogP contribution in [-0.2, 0) is 9.53 Å². The third-order valence-electron chi connectivity index (χ3n) is 0.791.